The van der Waals surface area contributed by atoms with Crippen LogP contribution >= 0.6 is 11.6 Å². The minimum absolute atomic E-state index is 0.185. The van der Waals surface area contributed by atoms with Crippen molar-refractivity contribution in [3.05, 3.63) is 34.1 Å². The van der Waals surface area contributed by atoms with Crippen LogP contribution in [0.4, 0.5) is 5.69 Å². The molecule has 1 heterocycles. The lowest BCUT2D eigenvalue weighted by Gasteiger charge is -2.14. The summed E-state index contributed by atoms with van der Waals surface area (Å²) < 4.78 is 0. The van der Waals surface area contributed by atoms with Gasteiger partial charge in [0.25, 0.3) is 5.69 Å². The fourth-order valence-electron chi connectivity index (χ4n) is 1.06. The van der Waals surface area contributed by atoms with Crippen molar-refractivity contribution < 1.29 is 15.1 Å². The first-order valence-corrected chi connectivity index (χ1v) is 4.62. The number of aliphatic hydroxyl groups excluding tert-OH is 2. The van der Waals surface area contributed by atoms with E-state index in [9.17, 15) is 20.3 Å². The average Bonchev–Trinajstić information content (AvgIpc) is 2.27. The lowest BCUT2D eigenvalue weighted by molar-refractivity contribution is -0.386. The first-order chi connectivity index (χ1) is 7.07. The van der Waals surface area contributed by atoms with Crippen molar-refractivity contribution in [2.75, 3.05) is 5.88 Å². The van der Waals surface area contributed by atoms with E-state index in [4.69, 9.17) is 11.6 Å². The number of pyridine rings is 1. The van der Waals surface area contributed by atoms with Gasteiger partial charge in [-0.2, -0.15) is 0 Å². The predicted octanol–water partition coefficient (Wildman–Crippen LogP) is 0.623. The van der Waals surface area contributed by atoms with E-state index in [1.54, 1.807) is 0 Å². The summed E-state index contributed by atoms with van der Waals surface area (Å²) in [5.74, 6) is -0.227. The highest BCUT2D eigenvalue weighted by molar-refractivity contribution is 6.18. The second kappa shape index (κ2) is 5.01. The number of halogens is 1. The van der Waals surface area contributed by atoms with Gasteiger partial charge < -0.3 is 10.2 Å². The molecule has 7 heteroatoms. The lowest BCUT2D eigenvalue weighted by Crippen LogP contribution is -2.21. The maximum Gasteiger partial charge on any atom is 0.293 e. The Morgan fingerprint density at radius 3 is 2.80 bits per heavy atom. The largest absolute Gasteiger partial charge is 0.389 e. The number of alkyl halides is 1. The number of rotatable bonds is 4. The van der Waals surface area contributed by atoms with Gasteiger partial charge in [-0.25, -0.2) is 0 Å². The first kappa shape index (κ1) is 11.8. The second-order valence-electron chi connectivity index (χ2n) is 2.83. The van der Waals surface area contributed by atoms with Crippen LogP contribution in [0.15, 0.2) is 18.3 Å². The monoisotopic (exact) mass is 232 g/mol. The third-order valence-corrected chi connectivity index (χ3v) is 2.13. The average molecular weight is 233 g/mol. The fourth-order valence-corrected chi connectivity index (χ4v) is 1.23. The molecule has 0 aliphatic carbocycles. The van der Waals surface area contributed by atoms with Crippen LogP contribution < -0.4 is 0 Å². The third kappa shape index (κ3) is 2.62. The van der Waals surface area contributed by atoms with E-state index in [-0.39, 0.29) is 17.3 Å². The molecule has 6 nitrogen and oxygen atoms in total. The Morgan fingerprint density at radius 2 is 2.27 bits per heavy atom. The summed E-state index contributed by atoms with van der Waals surface area (Å²) in [5, 5.41) is 29.3. The van der Waals surface area contributed by atoms with E-state index in [1.807, 2.05) is 0 Å². The molecule has 2 atom stereocenters. The molecule has 82 valence electrons. The van der Waals surface area contributed by atoms with E-state index in [0.717, 1.165) is 0 Å². The van der Waals surface area contributed by atoms with Gasteiger partial charge >= 0.3 is 0 Å². The standard InChI is InChI=1S/C8H9ClN2O4/c9-4-6(12)8(13)7-5(11(14)15)2-1-3-10-7/h1-3,6,8,12-13H,4H2. The Kier molecular flexibility index (Phi) is 3.96. The molecule has 0 radical (unpaired) electrons. The van der Waals surface area contributed by atoms with Gasteiger partial charge in [0.15, 0.2) is 0 Å². The summed E-state index contributed by atoms with van der Waals surface area (Å²) in [4.78, 5) is 13.6. The van der Waals surface area contributed by atoms with Gasteiger partial charge in [-0.1, -0.05) is 0 Å². The normalized spacial score (nSPS) is 14.6. The maximum atomic E-state index is 10.6. The van der Waals surface area contributed by atoms with Crippen molar-refractivity contribution in [2.45, 2.75) is 12.2 Å². The van der Waals surface area contributed by atoms with Crippen molar-refractivity contribution in [2.24, 2.45) is 0 Å². The Balaban J connectivity index is 3.07. The third-order valence-electron chi connectivity index (χ3n) is 1.82. The Labute approximate surface area is 90.3 Å². The molecule has 0 saturated heterocycles. The molecule has 0 aliphatic rings. The molecule has 15 heavy (non-hydrogen) atoms. The Morgan fingerprint density at radius 1 is 1.60 bits per heavy atom. The van der Waals surface area contributed by atoms with Crippen LogP contribution in [0.2, 0.25) is 0 Å². The summed E-state index contributed by atoms with van der Waals surface area (Å²) in [6.07, 6.45) is -1.43. The van der Waals surface area contributed by atoms with Gasteiger partial charge in [0.1, 0.15) is 11.8 Å². The zero-order valence-corrected chi connectivity index (χ0v) is 8.33. The molecular weight excluding hydrogens is 224 g/mol. The summed E-state index contributed by atoms with van der Waals surface area (Å²) in [6, 6.07) is 2.58. The quantitative estimate of drug-likeness (QED) is 0.451. The summed E-state index contributed by atoms with van der Waals surface area (Å²) in [6.45, 7) is 0. The molecule has 0 fully saturated rings. The zero-order chi connectivity index (χ0) is 11.4. The van der Waals surface area contributed by atoms with Gasteiger partial charge in [-0.3, -0.25) is 15.1 Å². The zero-order valence-electron chi connectivity index (χ0n) is 7.58. The van der Waals surface area contributed by atoms with Crippen LogP contribution in [0, 0.1) is 10.1 Å². The summed E-state index contributed by atoms with van der Waals surface area (Å²) in [5.41, 5.74) is -0.523. The molecule has 0 aromatic carbocycles. The molecule has 0 saturated carbocycles. The van der Waals surface area contributed by atoms with Crippen LogP contribution in [0.5, 0.6) is 0 Å². The van der Waals surface area contributed by atoms with Gasteiger partial charge in [-0.05, 0) is 6.07 Å². The van der Waals surface area contributed by atoms with Crippen LogP contribution in [0.3, 0.4) is 0 Å². The Hall–Kier alpha value is -1.24. The van der Waals surface area contributed by atoms with Crippen molar-refractivity contribution in [1.82, 2.24) is 4.98 Å². The van der Waals surface area contributed by atoms with Crippen LogP contribution in [-0.2, 0) is 0 Å². The molecule has 2 unspecified atom stereocenters. The van der Waals surface area contributed by atoms with Crippen LogP contribution in [0.25, 0.3) is 0 Å². The number of nitro groups is 1. The van der Waals surface area contributed by atoms with E-state index in [1.165, 1.54) is 18.3 Å². The smallest absolute Gasteiger partial charge is 0.293 e. The molecule has 1 rings (SSSR count). The minimum atomic E-state index is -1.45. The van der Waals surface area contributed by atoms with Crippen molar-refractivity contribution in [1.29, 1.82) is 0 Å². The second-order valence-corrected chi connectivity index (χ2v) is 3.14. The van der Waals surface area contributed by atoms with E-state index < -0.39 is 17.1 Å². The van der Waals surface area contributed by atoms with Crippen LogP contribution in [-0.4, -0.2) is 32.1 Å². The van der Waals surface area contributed by atoms with Crippen molar-refractivity contribution >= 4 is 17.3 Å². The highest BCUT2D eigenvalue weighted by Crippen LogP contribution is 2.24. The minimum Gasteiger partial charge on any atom is -0.389 e. The number of aromatic nitrogens is 1. The Bertz CT molecular complexity index is 360. The number of hydrogen-bond donors (Lipinski definition) is 2. The molecule has 0 aliphatic heterocycles. The molecule has 1 aromatic heterocycles. The highest BCUT2D eigenvalue weighted by Gasteiger charge is 2.26. The predicted molar refractivity (Wildman–Crippen MR) is 52.6 cm³/mol. The first-order valence-electron chi connectivity index (χ1n) is 4.09. The molecule has 0 bridgehead atoms. The SMILES string of the molecule is O=[N+]([O-])c1cccnc1C(O)C(O)CCl. The number of nitrogens with zero attached hydrogens (tertiary/aromatic N) is 2. The van der Waals surface area contributed by atoms with Crippen molar-refractivity contribution in [3.63, 3.8) is 0 Å². The summed E-state index contributed by atoms with van der Waals surface area (Å²) >= 11 is 5.32. The molecule has 2 N–H and O–H groups in total. The van der Waals surface area contributed by atoms with Crippen molar-refractivity contribution in [3.8, 4) is 0 Å². The topological polar surface area (TPSA) is 96.5 Å². The van der Waals surface area contributed by atoms with Gasteiger partial charge in [0.05, 0.1) is 16.9 Å². The number of hydrogen-bond acceptors (Lipinski definition) is 5. The molecule has 1 aromatic rings. The van der Waals surface area contributed by atoms with E-state index in [2.05, 4.69) is 4.98 Å². The van der Waals surface area contributed by atoms with Crippen LogP contribution in [0.1, 0.15) is 11.8 Å². The van der Waals surface area contributed by atoms with E-state index in [0.29, 0.717) is 0 Å². The lowest BCUT2D eigenvalue weighted by atomic mass is 10.1. The maximum absolute atomic E-state index is 10.6. The molecule has 0 spiro atoms. The van der Waals surface area contributed by atoms with Gasteiger partial charge in [-0.15, -0.1) is 11.6 Å². The number of aliphatic hydroxyl groups is 2. The molecule has 0 amide bonds. The summed E-state index contributed by atoms with van der Waals surface area (Å²) in [7, 11) is 0. The molecular formula is C8H9ClN2O4. The van der Waals surface area contributed by atoms with Gasteiger partial charge in [0, 0.05) is 12.3 Å². The van der Waals surface area contributed by atoms with Gasteiger partial charge in [0.2, 0.25) is 0 Å². The highest BCUT2D eigenvalue weighted by atomic mass is 35.5. The fraction of sp³-hybridized carbons (Fsp3) is 0.375. The van der Waals surface area contributed by atoms with E-state index >= 15 is 0 Å².